The van der Waals surface area contributed by atoms with Crippen LogP contribution in [0.25, 0.3) is 0 Å². The summed E-state index contributed by atoms with van der Waals surface area (Å²) < 4.78 is 5.05. The number of para-hydroxylation sites is 1. The topological polar surface area (TPSA) is 47.9 Å². The Morgan fingerprint density at radius 3 is 2.86 bits per heavy atom. The van der Waals surface area contributed by atoms with Crippen LogP contribution in [-0.4, -0.2) is 18.3 Å². The smallest absolute Gasteiger partial charge is 0.355 e. The lowest BCUT2D eigenvalue weighted by Gasteiger charge is -2.07. The third-order valence-electron chi connectivity index (χ3n) is 1.81. The van der Waals surface area contributed by atoms with Gasteiger partial charge in [0.2, 0.25) is 6.10 Å². The highest BCUT2D eigenvalue weighted by atomic mass is 16.7. The maximum atomic E-state index is 11.4. The summed E-state index contributed by atoms with van der Waals surface area (Å²) in [6.45, 7) is 0. The fraction of sp³-hybridized carbons (Fsp3) is 0.200. The van der Waals surface area contributed by atoms with Crippen molar-refractivity contribution in [2.45, 2.75) is 12.5 Å². The van der Waals surface area contributed by atoms with Gasteiger partial charge >= 0.3 is 5.97 Å². The molecule has 0 N–H and O–H groups in total. The molecule has 0 aromatic heterocycles. The molecular weight excluding hydrogens is 182 g/mol. The number of esters is 1. The standard InChI is InChI=1S/C10H9NO3/c12-10(9-6-7-11-14-9)13-8-4-2-1-3-5-8/h1-5,7,9H,6H2. The molecule has 0 fully saturated rings. The molecule has 4 nitrogen and oxygen atoms in total. The minimum absolute atomic E-state index is 0.409. The van der Waals surface area contributed by atoms with Crippen molar-refractivity contribution in [2.24, 2.45) is 5.16 Å². The lowest BCUT2D eigenvalue weighted by atomic mass is 10.3. The maximum absolute atomic E-state index is 11.4. The van der Waals surface area contributed by atoms with Gasteiger partial charge in [0.15, 0.2) is 0 Å². The van der Waals surface area contributed by atoms with Crippen LogP contribution in [0.5, 0.6) is 5.75 Å². The molecule has 1 aromatic rings. The lowest BCUT2D eigenvalue weighted by molar-refractivity contribution is -0.145. The van der Waals surface area contributed by atoms with Crippen LogP contribution in [0.15, 0.2) is 35.5 Å². The van der Waals surface area contributed by atoms with Crippen LogP contribution in [0.2, 0.25) is 0 Å². The highest BCUT2D eigenvalue weighted by Gasteiger charge is 2.24. The molecule has 1 aliphatic heterocycles. The van der Waals surface area contributed by atoms with Crippen LogP contribution >= 0.6 is 0 Å². The van der Waals surface area contributed by atoms with Crippen LogP contribution in [-0.2, 0) is 9.63 Å². The van der Waals surface area contributed by atoms with E-state index in [1.807, 2.05) is 6.07 Å². The van der Waals surface area contributed by atoms with Crippen LogP contribution in [0.4, 0.5) is 0 Å². The predicted molar refractivity (Wildman–Crippen MR) is 50.1 cm³/mol. The Kier molecular flexibility index (Phi) is 2.44. The first-order chi connectivity index (χ1) is 6.86. The summed E-state index contributed by atoms with van der Waals surface area (Å²) in [4.78, 5) is 16.2. The van der Waals surface area contributed by atoms with E-state index in [-0.39, 0.29) is 0 Å². The molecule has 0 aliphatic carbocycles. The molecule has 0 spiro atoms. The van der Waals surface area contributed by atoms with E-state index in [4.69, 9.17) is 9.57 Å². The molecule has 1 heterocycles. The van der Waals surface area contributed by atoms with Gasteiger partial charge in [-0.05, 0) is 12.1 Å². The van der Waals surface area contributed by atoms with Gasteiger partial charge in [-0.25, -0.2) is 4.79 Å². The maximum Gasteiger partial charge on any atom is 0.355 e. The Morgan fingerprint density at radius 1 is 1.43 bits per heavy atom. The number of hydrogen-bond acceptors (Lipinski definition) is 4. The molecule has 1 atom stereocenters. The number of benzene rings is 1. The van der Waals surface area contributed by atoms with Gasteiger partial charge in [0.25, 0.3) is 0 Å². The predicted octanol–water partition coefficient (Wildman–Crippen LogP) is 1.37. The van der Waals surface area contributed by atoms with Crippen molar-refractivity contribution >= 4 is 12.2 Å². The monoisotopic (exact) mass is 191 g/mol. The van der Waals surface area contributed by atoms with E-state index in [0.717, 1.165) is 0 Å². The Bertz CT molecular complexity index is 340. The summed E-state index contributed by atoms with van der Waals surface area (Å²) in [7, 11) is 0. The molecule has 4 heteroatoms. The molecule has 0 amide bonds. The zero-order chi connectivity index (χ0) is 9.80. The van der Waals surface area contributed by atoms with E-state index in [0.29, 0.717) is 12.2 Å². The zero-order valence-electron chi connectivity index (χ0n) is 7.42. The molecule has 1 unspecified atom stereocenters. The number of ether oxygens (including phenoxy) is 1. The number of oxime groups is 1. The fourth-order valence-electron chi connectivity index (χ4n) is 1.11. The summed E-state index contributed by atoms with van der Waals surface area (Å²) in [5.74, 6) is 0.113. The van der Waals surface area contributed by atoms with Gasteiger partial charge in [-0.2, -0.15) is 0 Å². The molecule has 2 rings (SSSR count). The summed E-state index contributed by atoms with van der Waals surface area (Å²) in [5, 5.41) is 3.50. The number of hydrogen-bond donors (Lipinski definition) is 0. The quantitative estimate of drug-likeness (QED) is 0.524. The average molecular weight is 191 g/mol. The van der Waals surface area contributed by atoms with Crippen molar-refractivity contribution in [1.82, 2.24) is 0 Å². The number of rotatable bonds is 2. The summed E-state index contributed by atoms with van der Waals surface area (Å²) >= 11 is 0. The molecular formula is C10H9NO3. The highest BCUT2D eigenvalue weighted by Crippen LogP contribution is 2.12. The van der Waals surface area contributed by atoms with Crippen molar-refractivity contribution in [3.8, 4) is 5.75 Å². The second kappa shape index (κ2) is 3.91. The highest BCUT2D eigenvalue weighted by molar-refractivity contribution is 5.81. The molecule has 0 saturated carbocycles. The van der Waals surface area contributed by atoms with Gasteiger partial charge in [0.1, 0.15) is 5.75 Å². The van der Waals surface area contributed by atoms with Crippen molar-refractivity contribution in [3.05, 3.63) is 30.3 Å². The van der Waals surface area contributed by atoms with Crippen LogP contribution in [0.3, 0.4) is 0 Å². The van der Waals surface area contributed by atoms with E-state index in [1.165, 1.54) is 0 Å². The van der Waals surface area contributed by atoms with E-state index in [2.05, 4.69) is 5.16 Å². The Labute approximate surface area is 81.1 Å². The first kappa shape index (κ1) is 8.74. The summed E-state index contributed by atoms with van der Waals surface area (Å²) in [6.07, 6.45) is 1.44. The second-order valence-corrected chi connectivity index (χ2v) is 2.85. The Balaban J connectivity index is 1.95. The SMILES string of the molecule is O=C(Oc1ccccc1)C1CC=NO1. The van der Waals surface area contributed by atoms with Crippen molar-refractivity contribution < 1.29 is 14.4 Å². The Morgan fingerprint density at radius 2 is 2.21 bits per heavy atom. The minimum Gasteiger partial charge on any atom is -0.424 e. The van der Waals surface area contributed by atoms with E-state index in [1.54, 1.807) is 30.5 Å². The van der Waals surface area contributed by atoms with Crippen LogP contribution in [0, 0.1) is 0 Å². The van der Waals surface area contributed by atoms with Crippen molar-refractivity contribution in [2.75, 3.05) is 0 Å². The van der Waals surface area contributed by atoms with Gasteiger partial charge in [-0.1, -0.05) is 23.4 Å². The lowest BCUT2D eigenvalue weighted by Crippen LogP contribution is -2.25. The van der Waals surface area contributed by atoms with Gasteiger partial charge in [0, 0.05) is 12.6 Å². The second-order valence-electron chi connectivity index (χ2n) is 2.85. The normalized spacial score (nSPS) is 19.0. The van der Waals surface area contributed by atoms with Crippen molar-refractivity contribution in [3.63, 3.8) is 0 Å². The van der Waals surface area contributed by atoms with Gasteiger partial charge < -0.3 is 9.57 Å². The fourth-order valence-corrected chi connectivity index (χ4v) is 1.11. The number of nitrogens with zero attached hydrogens (tertiary/aromatic N) is 1. The first-order valence-corrected chi connectivity index (χ1v) is 4.30. The third kappa shape index (κ3) is 1.90. The van der Waals surface area contributed by atoms with Gasteiger partial charge in [-0.3, -0.25) is 0 Å². The minimum atomic E-state index is -0.588. The molecule has 0 saturated heterocycles. The third-order valence-corrected chi connectivity index (χ3v) is 1.81. The summed E-state index contributed by atoms with van der Waals surface area (Å²) in [5.41, 5.74) is 0. The molecule has 14 heavy (non-hydrogen) atoms. The van der Waals surface area contributed by atoms with Crippen LogP contribution < -0.4 is 4.74 Å². The molecule has 1 aromatic carbocycles. The molecule has 72 valence electrons. The average Bonchev–Trinajstić information content (AvgIpc) is 2.72. The molecule has 1 aliphatic rings. The van der Waals surface area contributed by atoms with Crippen molar-refractivity contribution in [1.29, 1.82) is 0 Å². The zero-order valence-corrected chi connectivity index (χ0v) is 7.42. The summed E-state index contributed by atoms with van der Waals surface area (Å²) in [6, 6.07) is 8.89. The molecule has 0 bridgehead atoms. The van der Waals surface area contributed by atoms with Gasteiger partial charge in [-0.15, -0.1) is 0 Å². The van der Waals surface area contributed by atoms with E-state index < -0.39 is 12.1 Å². The number of carbonyl (C=O) groups excluding carboxylic acids is 1. The Hall–Kier alpha value is -1.84. The van der Waals surface area contributed by atoms with E-state index in [9.17, 15) is 4.79 Å². The van der Waals surface area contributed by atoms with E-state index >= 15 is 0 Å². The van der Waals surface area contributed by atoms with Gasteiger partial charge in [0.05, 0.1) is 0 Å². The first-order valence-electron chi connectivity index (χ1n) is 4.30. The number of carbonyl (C=O) groups is 1. The molecule has 0 radical (unpaired) electrons. The van der Waals surface area contributed by atoms with Crippen LogP contribution in [0.1, 0.15) is 6.42 Å². The largest absolute Gasteiger partial charge is 0.424 e.